The summed E-state index contributed by atoms with van der Waals surface area (Å²) in [6, 6.07) is 7.78. The Kier molecular flexibility index (Phi) is 3.85. The van der Waals surface area contributed by atoms with Crippen molar-refractivity contribution >= 4 is 45.3 Å². The number of carbonyl (C=O) groups excluding carboxylic acids is 1. The van der Waals surface area contributed by atoms with E-state index in [1.165, 1.54) is 6.92 Å². The van der Waals surface area contributed by atoms with E-state index in [9.17, 15) is 9.59 Å². The normalized spacial score (nSPS) is 21.4. The van der Waals surface area contributed by atoms with Crippen LogP contribution >= 0.6 is 0 Å². The zero-order chi connectivity index (χ0) is 21.3. The maximum Gasteiger partial charge on any atom is 0.227 e. The van der Waals surface area contributed by atoms with Gasteiger partial charge in [-0.15, -0.1) is 0 Å². The van der Waals surface area contributed by atoms with Crippen molar-refractivity contribution < 1.29 is 4.79 Å². The topological polar surface area (TPSA) is 98.6 Å². The van der Waals surface area contributed by atoms with E-state index in [4.69, 9.17) is 4.98 Å². The molecule has 2 N–H and O–H groups in total. The van der Waals surface area contributed by atoms with Crippen molar-refractivity contribution in [3.05, 3.63) is 40.7 Å². The van der Waals surface area contributed by atoms with Crippen molar-refractivity contribution in [3.63, 3.8) is 0 Å². The van der Waals surface area contributed by atoms with E-state index in [1.807, 2.05) is 28.7 Å². The van der Waals surface area contributed by atoms with Crippen LogP contribution in [0.4, 0.5) is 11.6 Å². The van der Waals surface area contributed by atoms with Gasteiger partial charge < -0.3 is 20.1 Å². The van der Waals surface area contributed by atoms with Gasteiger partial charge in [0, 0.05) is 39.3 Å². The van der Waals surface area contributed by atoms with E-state index < -0.39 is 0 Å². The van der Waals surface area contributed by atoms with Crippen molar-refractivity contribution in [1.29, 1.82) is 0 Å². The highest BCUT2D eigenvalue weighted by Crippen LogP contribution is 2.33. The number of aromatic nitrogens is 4. The molecule has 6 rings (SSSR count). The number of carbonyl (C=O) groups is 1. The Labute approximate surface area is 177 Å². The van der Waals surface area contributed by atoms with Crippen LogP contribution in [-0.4, -0.2) is 63.4 Å². The fourth-order valence-electron chi connectivity index (χ4n) is 5.24. The minimum Gasteiger partial charge on any atom is -0.340 e. The molecule has 0 saturated carbocycles. The van der Waals surface area contributed by atoms with Crippen molar-refractivity contribution in [2.75, 3.05) is 43.4 Å². The number of anilines is 2. The number of benzene rings is 1. The summed E-state index contributed by atoms with van der Waals surface area (Å²) in [5.41, 5.74) is 2.75. The fraction of sp³-hybridized carbons (Fsp3) is 0.364. The second-order valence-electron chi connectivity index (χ2n) is 8.77. The average Bonchev–Trinajstić information content (AvgIpc) is 3.41. The number of nitrogens with one attached hydrogen (secondary N) is 2. The van der Waals surface area contributed by atoms with Crippen LogP contribution in [-0.2, 0) is 4.79 Å². The van der Waals surface area contributed by atoms with Crippen LogP contribution in [0.5, 0.6) is 0 Å². The summed E-state index contributed by atoms with van der Waals surface area (Å²) in [6.45, 7) is 5.44. The summed E-state index contributed by atoms with van der Waals surface area (Å²) in [4.78, 5) is 42.3. The SMILES string of the molecule is CC(=O)Nc1c(=O)c2cnc(N3CC4CN(C)CC4C3)nc2n2c1[nH]c1ccccc12. The second kappa shape index (κ2) is 6.52. The molecule has 31 heavy (non-hydrogen) atoms. The molecule has 2 unspecified atom stereocenters. The Morgan fingerprint density at radius 2 is 1.90 bits per heavy atom. The number of rotatable bonds is 2. The molecule has 5 heterocycles. The van der Waals surface area contributed by atoms with E-state index in [0.717, 1.165) is 37.2 Å². The predicted molar refractivity (Wildman–Crippen MR) is 120 cm³/mol. The molecule has 0 radical (unpaired) electrons. The molecule has 2 atom stereocenters. The smallest absolute Gasteiger partial charge is 0.227 e. The quantitative estimate of drug-likeness (QED) is 0.515. The molecule has 2 saturated heterocycles. The van der Waals surface area contributed by atoms with Gasteiger partial charge in [-0.2, -0.15) is 4.98 Å². The number of H-pyrrole nitrogens is 1. The molecule has 4 aromatic rings. The predicted octanol–water partition coefficient (Wildman–Crippen LogP) is 1.68. The number of hydrogen-bond donors (Lipinski definition) is 2. The third kappa shape index (κ3) is 2.73. The number of likely N-dealkylation sites (tertiary alicyclic amines) is 1. The lowest BCUT2D eigenvalue weighted by Crippen LogP contribution is -2.28. The zero-order valence-corrected chi connectivity index (χ0v) is 17.4. The molecule has 9 heteroatoms. The second-order valence-corrected chi connectivity index (χ2v) is 8.77. The Morgan fingerprint density at radius 3 is 2.65 bits per heavy atom. The largest absolute Gasteiger partial charge is 0.340 e. The number of aromatic amines is 1. The lowest BCUT2D eigenvalue weighted by Gasteiger charge is -2.19. The molecule has 158 valence electrons. The summed E-state index contributed by atoms with van der Waals surface area (Å²) in [6.07, 6.45) is 1.60. The minimum atomic E-state index is -0.303. The number of imidazole rings is 1. The minimum absolute atomic E-state index is 0.214. The first-order valence-electron chi connectivity index (χ1n) is 10.5. The van der Waals surface area contributed by atoms with E-state index in [0.29, 0.717) is 34.5 Å². The Balaban J connectivity index is 1.58. The van der Waals surface area contributed by atoms with Gasteiger partial charge in [0.25, 0.3) is 0 Å². The van der Waals surface area contributed by atoms with Crippen LogP contribution in [0.1, 0.15) is 6.92 Å². The van der Waals surface area contributed by atoms with E-state index in [2.05, 4.69) is 32.1 Å². The van der Waals surface area contributed by atoms with Crippen LogP contribution in [0.25, 0.3) is 27.7 Å². The van der Waals surface area contributed by atoms with Crippen LogP contribution in [0.15, 0.2) is 35.3 Å². The van der Waals surface area contributed by atoms with Crippen LogP contribution in [0, 0.1) is 11.8 Å². The summed E-state index contributed by atoms with van der Waals surface area (Å²) in [7, 11) is 2.17. The van der Waals surface area contributed by atoms with Gasteiger partial charge in [-0.3, -0.25) is 14.0 Å². The summed E-state index contributed by atoms with van der Waals surface area (Å²) in [5, 5.41) is 3.08. The Bertz CT molecular complexity index is 1410. The number of amides is 1. The maximum absolute atomic E-state index is 13.2. The van der Waals surface area contributed by atoms with Crippen LogP contribution < -0.4 is 15.6 Å². The fourth-order valence-corrected chi connectivity index (χ4v) is 5.24. The van der Waals surface area contributed by atoms with Gasteiger partial charge in [-0.25, -0.2) is 4.98 Å². The van der Waals surface area contributed by atoms with E-state index in [1.54, 1.807) is 6.20 Å². The van der Waals surface area contributed by atoms with Gasteiger partial charge >= 0.3 is 0 Å². The molecule has 9 nitrogen and oxygen atoms in total. The molecule has 2 aliphatic rings. The monoisotopic (exact) mass is 417 g/mol. The number of hydrogen-bond acceptors (Lipinski definition) is 6. The lowest BCUT2D eigenvalue weighted by atomic mass is 10.0. The Morgan fingerprint density at radius 1 is 1.16 bits per heavy atom. The van der Waals surface area contributed by atoms with Gasteiger partial charge in [0.05, 0.1) is 16.4 Å². The molecule has 3 aromatic heterocycles. The van der Waals surface area contributed by atoms with Gasteiger partial charge in [0.15, 0.2) is 5.65 Å². The maximum atomic E-state index is 13.2. The molecular formula is C22H23N7O2. The summed E-state index contributed by atoms with van der Waals surface area (Å²) >= 11 is 0. The van der Waals surface area contributed by atoms with Crippen molar-refractivity contribution in [2.45, 2.75) is 6.92 Å². The van der Waals surface area contributed by atoms with E-state index >= 15 is 0 Å². The standard InChI is InChI=1S/C22H23N7O2/c1-12(30)24-18-19(31)15-7-23-22(28-10-13-8-27(2)9-14(13)11-28)26-20(15)29-17-6-4-3-5-16(17)25-21(18)29/h3-7,13-14,25H,8-11H2,1-2H3,(H,24,30). The molecule has 0 aliphatic carbocycles. The van der Waals surface area contributed by atoms with Gasteiger partial charge in [0.2, 0.25) is 17.3 Å². The van der Waals surface area contributed by atoms with E-state index in [-0.39, 0.29) is 17.0 Å². The molecule has 1 aromatic carbocycles. The summed E-state index contributed by atoms with van der Waals surface area (Å²) in [5.74, 6) is 1.60. The number of nitrogens with zero attached hydrogens (tertiary/aromatic N) is 5. The average molecular weight is 417 g/mol. The molecule has 0 bridgehead atoms. The highest BCUT2D eigenvalue weighted by atomic mass is 16.2. The molecular weight excluding hydrogens is 394 g/mol. The zero-order valence-electron chi connectivity index (χ0n) is 17.4. The van der Waals surface area contributed by atoms with Crippen LogP contribution in [0.3, 0.4) is 0 Å². The van der Waals surface area contributed by atoms with Gasteiger partial charge in [-0.1, -0.05) is 12.1 Å². The first-order valence-corrected chi connectivity index (χ1v) is 10.5. The third-order valence-electron chi connectivity index (χ3n) is 6.55. The van der Waals surface area contributed by atoms with Crippen molar-refractivity contribution in [3.8, 4) is 0 Å². The number of para-hydroxylation sites is 2. The van der Waals surface area contributed by atoms with Crippen molar-refractivity contribution in [2.24, 2.45) is 11.8 Å². The van der Waals surface area contributed by atoms with Gasteiger partial charge in [-0.05, 0) is 31.0 Å². The number of pyridine rings is 1. The lowest BCUT2D eigenvalue weighted by molar-refractivity contribution is -0.114. The van der Waals surface area contributed by atoms with Gasteiger partial charge in [0.1, 0.15) is 11.3 Å². The molecule has 0 spiro atoms. The summed E-state index contributed by atoms with van der Waals surface area (Å²) < 4.78 is 1.91. The highest BCUT2D eigenvalue weighted by Gasteiger charge is 2.39. The number of fused-ring (bicyclic) bond motifs is 6. The molecule has 2 aliphatic heterocycles. The highest BCUT2D eigenvalue weighted by molar-refractivity contribution is 6.00. The third-order valence-corrected chi connectivity index (χ3v) is 6.55. The van der Waals surface area contributed by atoms with Crippen LogP contribution in [0.2, 0.25) is 0 Å². The first-order chi connectivity index (χ1) is 15.0. The first kappa shape index (κ1) is 18.3. The Hall–Kier alpha value is -3.46. The van der Waals surface area contributed by atoms with Crippen molar-refractivity contribution in [1.82, 2.24) is 24.3 Å². The molecule has 1 amide bonds. The molecule has 2 fully saturated rings.